The van der Waals surface area contributed by atoms with Crippen LogP contribution in [0.2, 0.25) is 0 Å². The first-order valence-corrected chi connectivity index (χ1v) is 14.9. The molecule has 1 fully saturated rings. The maximum atomic E-state index is 15.1. The van der Waals surface area contributed by atoms with Gasteiger partial charge in [0.2, 0.25) is 0 Å². The van der Waals surface area contributed by atoms with Crippen molar-refractivity contribution >= 4 is 22.4 Å². The second kappa shape index (κ2) is 12.3. The van der Waals surface area contributed by atoms with E-state index < -0.39 is 36.1 Å². The predicted octanol–water partition coefficient (Wildman–Crippen LogP) is 8.02. The van der Waals surface area contributed by atoms with E-state index in [-0.39, 0.29) is 16.9 Å². The van der Waals surface area contributed by atoms with Crippen molar-refractivity contribution in [1.82, 2.24) is 14.5 Å². The zero-order chi connectivity index (χ0) is 31.7. The van der Waals surface area contributed by atoms with Gasteiger partial charge in [-0.2, -0.15) is 0 Å². The number of nitrogens with zero attached hydrogens (tertiary/aromatic N) is 4. The van der Waals surface area contributed by atoms with E-state index in [1.165, 1.54) is 16.7 Å². The lowest BCUT2D eigenvalue weighted by molar-refractivity contribution is 0.146. The van der Waals surface area contributed by atoms with Crippen LogP contribution < -0.4 is 15.8 Å². The summed E-state index contributed by atoms with van der Waals surface area (Å²) < 4.78 is 58.1. The van der Waals surface area contributed by atoms with Gasteiger partial charge in [-0.05, 0) is 37.8 Å². The number of pyridine rings is 1. The Morgan fingerprint density at radius 2 is 1.51 bits per heavy atom. The van der Waals surface area contributed by atoms with E-state index in [0.717, 1.165) is 17.2 Å². The molecule has 3 aromatic carbocycles. The summed E-state index contributed by atoms with van der Waals surface area (Å²) in [5.41, 5.74) is 0.618. The molecule has 10 heteroatoms. The van der Waals surface area contributed by atoms with Gasteiger partial charge in [0, 0.05) is 24.8 Å². The summed E-state index contributed by atoms with van der Waals surface area (Å²) in [4.78, 5) is 25.7. The maximum Gasteiger partial charge on any atom is 0.277 e. The van der Waals surface area contributed by atoms with E-state index in [4.69, 9.17) is 4.98 Å². The van der Waals surface area contributed by atoms with E-state index in [1.54, 1.807) is 20.0 Å². The molecular weight excluding hydrogens is 582 g/mol. The summed E-state index contributed by atoms with van der Waals surface area (Å²) in [6.45, 7) is 3.37. The number of hydrogen-bond acceptors (Lipinski definition) is 5. The van der Waals surface area contributed by atoms with Crippen LogP contribution in [0.4, 0.5) is 29.1 Å². The Morgan fingerprint density at radius 3 is 2.07 bits per heavy atom. The first-order chi connectivity index (χ1) is 21.7. The molecule has 0 spiro atoms. The number of benzene rings is 3. The van der Waals surface area contributed by atoms with Gasteiger partial charge in [0.1, 0.15) is 35.3 Å². The minimum absolute atomic E-state index is 0.0444. The summed E-state index contributed by atoms with van der Waals surface area (Å²) in [6.07, 6.45) is -0.379. The van der Waals surface area contributed by atoms with Crippen molar-refractivity contribution in [3.05, 3.63) is 129 Å². The van der Waals surface area contributed by atoms with Gasteiger partial charge in [-0.25, -0.2) is 27.5 Å². The minimum atomic E-state index is -2.97. The van der Waals surface area contributed by atoms with Crippen molar-refractivity contribution in [3.8, 4) is 0 Å². The summed E-state index contributed by atoms with van der Waals surface area (Å²) in [5.74, 6) is -0.356. The molecule has 0 saturated heterocycles. The standard InChI is InChI=1S/C35H33F4N5O/c1-22(26-14-9-15-27(29(26)37)32(38)39)40-33-28-20-44(35(21-36)16-17-35)34(45)31(30(28)41-23(2)42-33)43(18-24-10-5-3-6-11-24)19-25-12-7-4-8-13-25/h3-15,20,22,32H,16-19,21H2,1-2H3,(H,40,41,42)/t22-/m1/s1. The topological polar surface area (TPSA) is 63.1 Å². The SMILES string of the molecule is Cc1nc(N[C@H](C)c2cccc(C(F)F)c2F)c2cn(C3(CF)CC3)c(=O)c(N(Cc3ccccc3)Cc3ccccc3)c2n1. The van der Waals surface area contributed by atoms with E-state index in [0.29, 0.717) is 48.3 Å². The van der Waals surface area contributed by atoms with E-state index in [1.807, 2.05) is 65.6 Å². The highest BCUT2D eigenvalue weighted by Gasteiger charge is 2.46. The Kier molecular flexibility index (Phi) is 8.31. The first kappa shape index (κ1) is 30.3. The van der Waals surface area contributed by atoms with Crippen LogP contribution in [0.5, 0.6) is 0 Å². The first-order valence-electron chi connectivity index (χ1n) is 14.9. The van der Waals surface area contributed by atoms with Crippen LogP contribution >= 0.6 is 0 Å². The van der Waals surface area contributed by atoms with Crippen LogP contribution in [-0.2, 0) is 18.6 Å². The number of alkyl halides is 3. The molecule has 6 rings (SSSR count). The molecular formula is C35H33F4N5O. The molecule has 0 bridgehead atoms. The number of aryl methyl sites for hydroxylation is 1. The number of fused-ring (bicyclic) bond motifs is 1. The number of rotatable bonds is 11. The van der Waals surface area contributed by atoms with Crippen molar-refractivity contribution in [3.63, 3.8) is 0 Å². The molecule has 0 aliphatic heterocycles. The molecule has 5 aromatic rings. The highest BCUT2D eigenvalue weighted by molar-refractivity contribution is 5.97. The average Bonchev–Trinajstić information content (AvgIpc) is 3.82. The van der Waals surface area contributed by atoms with Crippen molar-refractivity contribution in [1.29, 1.82) is 0 Å². The van der Waals surface area contributed by atoms with Gasteiger partial charge in [-0.15, -0.1) is 0 Å². The van der Waals surface area contributed by atoms with Gasteiger partial charge in [0.05, 0.1) is 22.5 Å². The van der Waals surface area contributed by atoms with Crippen LogP contribution in [0.1, 0.15) is 60.3 Å². The smallest absolute Gasteiger partial charge is 0.277 e. The average molecular weight is 616 g/mol. The largest absolute Gasteiger partial charge is 0.363 e. The third-order valence-electron chi connectivity index (χ3n) is 8.41. The monoisotopic (exact) mass is 615 g/mol. The molecule has 2 aromatic heterocycles. The Bertz CT molecular complexity index is 1840. The fourth-order valence-corrected chi connectivity index (χ4v) is 5.79. The van der Waals surface area contributed by atoms with Crippen molar-refractivity contribution in [2.24, 2.45) is 0 Å². The zero-order valence-corrected chi connectivity index (χ0v) is 25.0. The quantitative estimate of drug-likeness (QED) is 0.153. The number of anilines is 2. The number of nitrogens with one attached hydrogen (secondary N) is 1. The van der Waals surface area contributed by atoms with Crippen LogP contribution in [0.25, 0.3) is 10.9 Å². The minimum Gasteiger partial charge on any atom is -0.363 e. The fraction of sp³-hybridized carbons (Fsp3) is 0.286. The lowest BCUT2D eigenvalue weighted by Crippen LogP contribution is -2.37. The normalized spacial score (nSPS) is 14.5. The van der Waals surface area contributed by atoms with E-state index in [9.17, 15) is 18.0 Å². The summed E-state index contributed by atoms with van der Waals surface area (Å²) in [6, 6.07) is 22.6. The Labute approximate surface area is 258 Å². The van der Waals surface area contributed by atoms with Gasteiger partial charge in [0.25, 0.3) is 12.0 Å². The Balaban J connectivity index is 1.55. The molecule has 45 heavy (non-hydrogen) atoms. The van der Waals surface area contributed by atoms with Gasteiger partial charge < -0.3 is 14.8 Å². The second-order valence-corrected chi connectivity index (χ2v) is 11.6. The zero-order valence-electron chi connectivity index (χ0n) is 25.0. The molecule has 0 radical (unpaired) electrons. The number of halogens is 4. The van der Waals surface area contributed by atoms with Crippen LogP contribution in [0, 0.1) is 12.7 Å². The van der Waals surface area contributed by atoms with Crippen LogP contribution in [0.15, 0.2) is 89.9 Å². The van der Waals surface area contributed by atoms with Gasteiger partial charge in [-0.3, -0.25) is 4.79 Å². The molecule has 1 aliphatic rings. The van der Waals surface area contributed by atoms with Crippen LogP contribution in [-0.4, -0.2) is 21.2 Å². The Hall–Kier alpha value is -4.73. The van der Waals surface area contributed by atoms with E-state index in [2.05, 4.69) is 10.3 Å². The summed E-state index contributed by atoms with van der Waals surface area (Å²) in [7, 11) is 0. The lowest BCUT2D eigenvalue weighted by Gasteiger charge is -2.28. The molecule has 0 unspecified atom stereocenters. The maximum absolute atomic E-state index is 15.1. The van der Waals surface area contributed by atoms with Crippen molar-refractivity contribution in [2.45, 2.75) is 57.8 Å². The van der Waals surface area contributed by atoms with Gasteiger partial charge in [-0.1, -0.05) is 78.9 Å². The number of hydrogen-bond donors (Lipinski definition) is 1. The molecule has 1 aliphatic carbocycles. The third-order valence-corrected chi connectivity index (χ3v) is 8.41. The molecule has 1 saturated carbocycles. The van der Waals surface area contributed by atoms with Crippen molar-refractivity contribution < 1.29 is 17.6 Å². The molecule has 1 atom stereocenters. The van der Waals surface area contributed by atoms with Crippen molar-refractivity contribution in [2.75, 3.05) is 16.9 Å². The van der Waals surface area contributed by atoms with Gasteiger partial charge in [0.15, 0.2) is 0 Å². The van der Waals surface area contributed by atoms with E-state index >= 15 is 4.39 Å². The summed E-state index contributed by atoms with van der Waals surface area (Å²) in [5, 5.41) is 3.63. The second-order valence-electron chi connectivity index (χ2n) is 11.6. The lowest BCUT2D eigenvalue weighted by atomic mass is 10.0. The predicted molar refractivity (Wildman–Crippen MR) is 168 cm³/mol. The highest BCUT2D eigenvalue weighted by atomic mass is 19.3. The van der Waals surface area contributed by atoms with Gasteiger partial charge >= 0.3 is 0 Å². The Morgan fingerprint density at radius 1 is 0.911 bits per heavy atom. The summed E-state index contributed by atoms with van der Waals surface area (Å²) >= 11 is 0. The molecule has 6 nitrogen and oxygen atoms in total. The molecule has 2 heterocycles. The highest BCUT2D eigenvalue weighted by Crippen LogP contribution is 2.44. The third kappa shape index (κ3) is 6.01. The van der Waals surface area contributed by atoms with Crippen LogP contribution in [0.3, 0.4) is 0 Å². The molecule has 232 valence electrons. The molecule has 1 N–H and O–H groups in total. The fourth-order valence-electron chi connectivity index (χ4n) is 5.79. The number of aromatic nitrogens is 3. The molecule has 0 amide bonds.